The number of hydrogen-bond donors (Lipinski definition) is 2. The molecule has 1 heterocycles. The number of nitrogens with one attached hydrogen (secondary N) is 1. The third kappa shape index (κ3) is 6.86. The summed E-state index contributed by atoms with van der Waals surface area (Å²) < 4.78 is 34.1. The van der Waals surface area contributed by atoms with E-state index in [1.165, 1.54) is 6.26 Å². The fraction of sp³-hybridized carbons (Fsp3) is 0.316. The van der Waals surface area contributed by atoms with Gasteiger partial charge >= 0.3 is 0 Å². The molecule has 0 unspecified atom stereocenters. The predicted molar refractivity (Wildman–Crippen MR) is 121 cm³/mol. The van der Waals surface area contributed by atoms with Crippen LogP contribution in [-0.4, -0.2) is 33.8 Å². The van der Waals surface area contributed by atoms with Crippen molar-refractivity contribution in [3.05, 3.63) is 53.6 Å². The Bertz CT molecular complexity index is 948. The molecule has 0 radical (unpaired) electrons. The van der Waals surface area contributed by atoms with Crippen molar-refractivity contribution in [2.75, 3.05) is 24.8 Å². The van der Waals surface area contributed by atoms with E-state index in [0.717, 1.165) is 29.0 Å². The maximum Gasteiger partial charge on any atom is 0.193 e. The van der Waals surface area contributed by atoms with Crippen LogP contribution in [0.5, 0.6) is 11.5 Å². The molecule has 0 aliphatic carbocycles. The molecule has 2 aromatic rings. The van der Waals surface area contributed by atoms with Gasteiger partial charge in [0.25, 0.3) is 0 Å². The maximum atomic E-state index is 11.4. The normalized spacial score (nSPS) is 14.0. The minimum atomic E-state index is -3.07. The van der Waals surface area contributed by atoms with Crippen LogP contribution in [0.25, 0.3) is 0 Å². The van der Waals surface area contributed by atoms with E-state index in [-0.39, 0.29) is 35.7 Å². The molecule has 0 bridgehead atoms. The van der Waals surface area contributed by atoms with Crippen molar-refractivity contribution >= 4 is 45.5 Å². The van der Waals surface area contributed by atoms with E-state index >= 15 is 0 Å². The lowest BCUT2D eigenvalue weighted by Gasteiger charge is -2.11. The zero-order chi connectivity index (χ0) is 19.3. The van der Waals surface area contributed by atoms with Gasteiger partial charge in [0.1, 0.15) is 0 Å². The van der Waals surface area contributed by atoms with Gasteiger partial charge < -0.3 is 20.5 Å². The van der Waals surface area contributed by atoms with E-state index in [9.17, 15) is 8.42 Å². The summed E-state index contributed by atoms with van der Waals surface area (Å²) in [4.78, 5) is 4.32. The summed E-state index contributed by atoms with van der Waals surface area (Å²) in [5.74, 6) is 1.67. The van der Waals surface area contributed by atoms with E-state index in [0.29, 0.717) is 25.5 Å². The van der Waals surface area contributed by atoms with E-state index in [1.54, 1.807) is 6.07 Å². The van der Waals surface area contributed by atoms with Crippen molar-refractivity contribution in [3.63, 3.8) is 0 Å². The van der Waals surface area contributed by atoms with Gasteiger partial charge in [0, 0.05) is 24.4 Å². The van der Waals surface area contributed by atoms with Gasteiger partial charge in [-0.25, -0.2) is 13.4 Å². The Morgan fingerprint density at radius 1 is 1.11 bits per heavy atom. The third-order valence-corrected chi connectivity index (χ3v) is 4.73. The van der Waals surface area contributed by atoms with Gasteiger partial charge in [-0.05, 0) is 23.3 Å². The van der Waals surface area contributed by atoms with Gasteiger partial charge in [-0.3, -0.25) is 0 Å². The summed E-state index contributed by atoms with van der Waals surface area (Å²) in [6.45, 7) is 1.60. The van der Waals surface area contributed by atoms with E-state index in [1.807, 2.05) is 36.4 Å². The first kappa shape index (κ1) is 22.3. The summed E-state index contributed by atoms with van der Waals surface area (Å²) in [6, 6.07) is 12.8. The molecule has 7 nitrogen and oxygen atoms in total. The minimum absolute atomic E-state index is 0. The standard InChI is InChI=1S/C19H23N3O4S.HI/c1-27(23,24)13-15-5-2-4-14(10-15)12-21-19(20)22-16-6-7-17-18(11-16)26-9-3-8-25-17;/h2,4-7,10-11H,3,8-9,12-13H2,1H3,(H3,20,21,22);1H. The molecular weight excluding hydrogens is 493 g/mol. The Hall–Kier alpha value is -2.01. The number of halogens is 1. The van der Waals surface area contributed by atoms with Crippen LogP contribution in [0.2, 0.25) is 0 Å². The number of hydrogen-bond acceptors (Lipinski definition) is 5. The number of anilines is 1. The zero-order valence-electron chi connectivity index (χ0n) is 15.6. The SMILES string of the molecule is CS(=O)(=O)Cc1cccc(CN=C(N)Nc2ccc3c(c2)OCCCO3)c1.I. The molecule has 0 fully saturated rings. The van der Waals surface area contributed by atoms with Gasteiger partial charge in [-0.2, -0.15) is 0 Å². The molecule has 0 amide bonds. The summed E-state index contributed by atoms with van der Waals surface area (Å²) in [7, 11) is -3.07. The van der Waals surface area contributed by atoms with E-state index in [2.05, 4.69) is 10.3 Å². The molecular formula is C19H24IN3O4S. The molecule has 1 aliphatic rings. The second-order valence-electron chi connectivity index (χ2n) is 6.43. The number of sulfone groups is 1. The average Bonchev–Trinajstić information content (AvgIpc) is 2.84. The smallest absolute Gasteiger partial charge is 0.193 e. The monoisotopic (exact) mass is 517 g/mol. The van der Waals surface area contributed by atoms with Crippen LogP contribution in [0, 0.1) is 0 Å². The van der Waals surface area contributed by atoms with E-state index in [4.69, 9.17) is 15.2 Å². The van der Waals surface area contributed by atoms with E-state index < -0.39 is 9.84 Å². The summed E-state index contributed by atoms with van der Waals surface area (Å²) in [5.41, 5.74) is 8.35. The maximum absolute atomic E-state index is 11.4. The van der Waals surface area contributed by atoms with Crippen molar-refractivity contribution in [2.45, 2.75) is 18.7 Å². The molecule has 28 heavy (non-hydrogen) atoms. The summed E-state index contributed by atoms with van der Waals surface area (Å²) in [6.07, 6.45) is 2.06. The van der Waals surface area contributed by atoms with Crippen LogP contribution in [0.4, 0.5) is 5.69 Å². The molecule has 3 rings (SSSR count). The molecule has 1 aliphatic heterocycles. The number of guanidine groups is 1. The van der Waals surface area contributed by atoms with Gasteiger partial charge in [0.05, 0.1) is 25.5 Å². The van der Waals surface area contributed by atoms with Gasteiger partial charge in [0.15, 0.2) is 27.3 Å². The third-order valence-electron chi connectivity index (χ3n) is 3.87. The fourth-order valence-electron chi connectivity index (χ4n) is 2.73. The Kier molecular flexibility index (Phi) is 7.93. The Balaban J connectivity index is 0.00000280. The molecule has 152 valence electrons. The number of benzene rings is 2. The first-order valence-electron chi connectivity index (χ1n) is 8.61. The van der Waals surface area contributed by atoms with Crippen LogP contribution in [-0.2, 0) is 22.1 Å². The van der Waals surface area contributed by atoms with Gasteiger partial charge in [-0.1, -0.05) is 24.3 Å². The van der Waals surface area contributed by atoms with Crippen LogP contribution < -0.4 is 20.5 Å². The summed E-state index contributed by atoms with van der Waals surface area (Å²) >= 11 is 0. The Labute approximate surface area is 182 Å². The highest BCUT2D eigenvalue weighted by molar-refractivity contribution is 14.0. The molecule has 0 saturated carbocycles. The molecule has 0 saturated heterocycles. The number of ether oxygens (including phenoxy) is 2. The topological polar surface area (TPSA) is 103 Å². The molecule has 2 aromatic carbocycles. The highest BCUT2D eigenvalue weighted by Gasteiger charge is 2.11. The number of nitrogens with zero attached hydrogens (tertiary/aromatic N) is 1. The van der Waals surface area contributed by atoms with Crippen LogP contribution >= 0.6 is 24.0 Å². The van der Waals surface area contributed by atoms with Crippen LogP contribution in [0.15, 0.2) is 47.5 Å². The molecule has 0 aromatic heterocycles. The van der Waals surface area contributed by atoms with Crippen molar-refractivity contribution in [3.8, 4) is 11.5 Å². The Morgan fingerprint density at radius 2 is 1.82 bits per heavy atom. The first-order chi connectivity index (χ1) is 12.9. The number of aliphatic imine (C=N–C) groups is 1. The number of nitrogens with two attached hydrogens (primary N) is 1. The molecule has 0 spiro atoms. The van der Waals surface area contributed by atoms with Crippen molar-refractivity contribution in [1.82, 2.24) is 0 Å². The predicted octanol–water partition coefficient (Wildman–Crippen LogP) is 2.94. The van der Waals surface area contributed by atoms with Crippen molar-refractivity contribution in [1.29, 1.82) is 0 Å². The Morgan fingerprint density at radius 3 is 2.57 bits per heavy atom. The summed E-state index contributed by atoms with van der Waals surface area (Å²) in [5, 5.41) is 3.03. The largest absolute Gasteiger partial charge is 0.490 e. The molecule has 3 N–H and O–H groups in total. The lowest BCUT2D eigenvalue weighted by atomic mass is 10.1. The lowest BCUT2D eigenvalue weighted by Crippen LogP contribution is -2.22. The highest BCUT2D eigenvalue weighted by atomic mass is 127. The van der Waals surface area contributed by atoms with Gasteiger partial charge in [0.2, 0.25) is 0 Å². The van der Waals surface area contributed by atoms with Crippen LogP contribution in [0.1, 0.15) is 17.5 Å². The second-order valence-corrected chi connectivity index (χ2v) is 8.57. The average molecular weight is 517 g/mol. The first-order valence-corrected chi connectivity index (χ1v) is 10.7. The number of rotatable bonds is 5. The molecule has 0 atom stereocenters. The number of fused-ring (bicyclic) bond motifs is 1. The highest BCUT2D eigenvalue weighted by Crippen LogP contribution is 2.32. The fourth-order valence-corrected chi connectivity index (χ4v) is 3.51. The van der Waals surface area contributed by atoms with Crippen LogP contribution in [0.3, 0.4) is 0 Å². The van der Waals surface area contributed by atoms with Gasteiger partial charge in [-0.15, -0.1) is 24.0 Å². The second kappa shape index (κ2) is 9.97. The molecule has 9 heteroatoms. The minimum Gasteiger partial charge on any atom is -0.490 e. The van der Waals surface area contributed by atoms with Crippen molar-refractivity contribution < 1.29 is 17.9 Å². The quantitative estimate of drug-likeness (QED) is 0.359. The van der Waals surface area contributed by atoms with Crippen molar-refractivity contribution in [2.24, 2.45) is 10.7 Å². The lowest BCUT2D eigenvalue weighted by molar-refractivity contribution is 0.297. The zero-order valence-corrected chi connectivity index (χ0v) is 18.7.